The molecule has 0 aliphatic carbocycles. The number of aryl methyl sites for hydroxylation is 1. The van der Waals surface area contributed by atoms with Crippen molar-refractivity contribution in [1.82, 2.24) is 0 Å². The molecule has 4 nitrogen and oxygen atoms in total. The van der Waals surface area contributed by atoms with Gasteiger partial charge in [0, 0.05) is 23.6 Å². The fourth-order valence-electron chi connectivity index (χ4n) is 2.05. The fraction of sp³-hybridized carbons (Fsp3) is 0.176. The summed E-state index contributed by atoms with van der Waals surface area (Å²) in [6, 6.07) is 12.5. The van der Waals surface area contributed by atoms with Crippen molar-refractivity contribution in [2.75, 3.05) is 0 Å². The van der Waals surface area contributed by atoms with Crippen LogP contribution < -0.4 is 4.89 Å². The molecule has 108 valence electrons. The van der Waals surface area contributed by atoms with Gasteiger partial charge in [-0.05, 0) is 19.4 Å². The molecule has 0 spiro atoms. The predicted octanol–water partition coefficient (Wildman–Crippen LogP) is 3.39. The van der Waals surface area contributed by atoms with E-state index in [1.165, 1.54) is 6.92 Å². The summed E-state index contributed by atoms with van der Waals surface area (Å²) in [5, 5.41) is 0. The van der Waals surface area contributed by atoms with E-state index in [4.69, 9.17) is 4.89 Å². The van der Waals surface area contributed by atoms with E-state index in [1.807, 2.05) is 25.1 Å². The maximum absolute atomic E-state index is 12.5. The highest BCUT2D eigenvalue weighted by atomic mass is 17.2. The number of carbonyl (C=O) groups excluding carboxylic acids is 2. The Morgan fingerprint density at radius 3 is 2.24 bits per heavy atom. The van der Waals surface area contributed by atoms with E-state index in [-0.39, 0.29) is 5.78 Å². The standard InChI is InChI=1S/C17H16O4/c1-11-9-10-15(12(2)17(11)21-20-13(3)18)16(19)14-7-5-4-6-8-14/h4-10H,1-3H3. The van der Waals surface area contributed by atoms with Gasteiger partial charge in [-0.3, -0.25) is 14.6 Å². The topological polar surface area (TPSA) is 52.6 Å². The Balaban J connectivity index is 2.39. The number of ketones is 1. The van der Waals surface area contributed by atoms with Gasteiger partial charge in [0.1, 0.15) is 0 Å². The predicted molar refractivity (Wildman–Crippen MR) is 78.2 cm³/mol. The molecule has 0 heterocycles. The van der Waals surface area contributed by atoms with Crippen LogP contribution in [0, 0.1) is 13.8 Å². The zero-order valence-corrected chi connectivity index (χ0v) is 12.2. The molecule has 0 aliphatic rings. The van der Waals surface area contributed by atoms with E-state index < -0.39 is 5.97 Å². The van der Waals surface area contributed by atoms with Gasteiger partial charge in [-0.15, -0.1) is 0 Å². The van der Waals surface area contributed by atoms with Gasteiger partial charge >= 0.3 is 5.97 Å². The number of carbonyl (C=O) groups is 2. The first-order valence-corrected chi connectivity index (χ1v) is 6.55. The van der Waals surface area contributed by atoms with Gasteiger partial charge in [-0.2, -0.15) is 0 Å². The maximum Gasteiger partial charge on any atom is 0.352 e. The Hall–Kier alpha value is -2.62. The van der Waals surface area contributed by atoms with Crippen molar-refractivity contribution < 1.29 is 19.4 Å². The van der Waals surface area contributed by atoms with Crippen LogP contribution in [0.5, 0.6) is 5.75 Å². The van der Waals surface area contributed by atoms with E-state index in [0.717, 1.165) is 5.56 Å². The molecule has 21 heavy (non-hydrogen) atoms. The molecule has 0 aliphatic heterocycles. The van der Waals surface area contributed by atoms with Crippen LogP contribution in [0.1, 0.15) is 34.0 Å². The maximum atomic E-state index is 12.5. The van der Waals surface area contributed by atoms with E-state index in [2.05, 4.69) is 4.89 Å². The normalized spacial score (nSPS) is 10.0. The molecule has 0 saturated carbocycles. The lowest BCUT2D eigenvalue weighted by atomic mass is 9.97. The van der Waals surface area contributed by atoms with Crippen molar-refractivity contribution in [2.45, 2.75) is 20.8 Å². The molecule has 0 amide bonds. The zero-order valence-electron chi connectivity index (χ0n) is 12.2. The molecule has 2 rings (SSSR count). The quantitative estimate of drug-likeness (QED) is 0.490. The first kappa shape index (κ1) is 14.8. The van der Waals surface area contributed by atoms with Crippen LogP contribution in [0.2, 0.25) is 0 Å². The van der Waals surface area contributed by atoms with Gasteiger partial charge in [0.05, 0.1) is 0 Å². The SMILES string of the molecule is CC(=O)OOc1c(C)ccc(C(=O)c2ccccc2)c1C. The summed E-state index contributed by atoms with van der Waals surface area (Å²) in [6.45, 7) is 4.84. The van der Waals surface area contributed by atoms with Crippen LogP contribution in [-0.4, -0.2) is 11.8 Å². The van der Waals surface area contributed by atoms with Gasteiger partial charge in [0.25, 0.3) is 0 Å². The van der Waals surface area contributed by atoms with Crippen LogP contribution in [0.15, 0.2) is 42.5 Å². The van der Waals surface area contributed by atoms with Crippen LogP contribution in [0.25, 0.3) is 0 Å². The van der Waals surface area contributed by atoms with Crippen molar-refractivity contribution in [3.8, 4) is 5.75 Å². The third kappa shape index (κ3) is 3.28. The zero-order chi connectivity index (χ0) is 15.4. The molecule has 0 N–H and O–H groups in total. The highest BCUT2D eigenvalue weighted by Crippen LogP contribution is 2.28. The molecule has 0 saturated heterocycles. The van der Waals surface area contributed by atoms with Crippen molar-refractivity contribution in [1.29, 1.82) is 0 Å². The Morgan fingerprint density at radius 2 is 1.62 bits per heavy atom. The summed E-state index contributed by atoms with van der Waals surface area (Å²) in [4.78, 5) is 33.0. The number of hydrogen-bond donors (Lipinski definition) is 0. The molecule has 2 aromatic carbocycles. The molecule has 2 aromatic rings. The molecule has 0 atom stereocenters. The molecular weight excluding hydrogens is 268 g/mol. The van der Waals surface area contributed by atoms with Crippen LogP contribution in [-0.2, 0) is 9.68 Å². The van der Waals surface area contributed by atoms with Crippen molar-refractivity contribution >= 4 is 11.8 Å². The second-order valence-electron chi connectivity index (χ2n) is 4.74. The highest BCUT2D eigenvalue weighted by molar-refractivity contribution is 6.10. The Morgan fingerprint density at radius 1 is 0.952 bits per heavy atom. The van der Waals surface area contributed by atoms with Gasteiger partial charge in [-0.1, -0.05) is 42.5 Å². The van der Waals surface area contributed by atoms with Gasteiger partial charge in [0.15, 0.2) is 11.5 Å². The summed E-state index contributed by atoms with van der Waals surface area (Å²) < 4.78 is 0. The van der Waals surface area contributed by atoms with Crippen molar-refractivity contribution in [3.05, 3.63) is 64.7 Å². The third-order valence-electron chi connectivity index (χ3n) is 3.13. The third-order valence-corrected chi connectivity index (χ3v) is 3.13. The Bertz CT molecular complexity index is 675. The minimum Gasteiger partial charge on any atom is -0.289 e. The van der Waals surface area contributed by atoms with E-state index in [0.29, 0.717) is 22.4 Å². The monoisotopic (exact) mass is 284 g/mol. The molecular formula is C17H16O4. The van der Waals surface area contributed by atoms with E-state index in [9.17, 15) is 9.59 Å². The van der Waals surface area contributed by atoms with Crippen LogP contribution in [0.3, 0.4) is 0 Å². The van der Waals surface area contributed by atoms with Gasteiger partial charge in [0.2, 0.25) is 0 Å². The van der Waals surface area contributed by atoms with E-state index >= 15 is 0 Å². The van der Waals surface area contributed by atoms with Gasteiger partial charge < -0.3 is 0 Å². The summed E-state index contributed by atoms with van der Waals surface area (Å²) >= 11 is 0. The molecule has 4 heteroatoms. The number of hydrogen-bond acceptors (Lipinski definition) is 4. The fourth-order valence-corrected chi connectivity index (χ4v) is 2.05. The smallest absolute Gasteiger partial charge is 0.289 e. The molecule has 0 fully saturated rings. The summed E-state index contributed by atoms with van der Waals surface area (Å²) in [6.07, 6.45) is 0. The largest absolute Gasteiger partial charge is 0.352 e. The Kier molecular flexibility index (Phi) is 4.38. The minimum absolute atomic E-state index is 0.0965. The van der Waals surface area contributed by atoms with E-state index in [1.54, 1.807) is 31.2 Å². The van der Waals surface area contributed by atoms with Crippen molar-refractivity contribution in [2.24, 2.45) is 0 Å². The Labute approximate surface area is 123 Å². The second-order valence-corrected chi connectivity index (χ2v) is 4.74. The first-order valence-electron chi connectivity index (χ1n) is 6.55. The molecule has 0 bridgehead atoms. The summed E-state index contributed by atoms with van der Waals surface area (Å²) in [7, 11) is 0. The lowest BCUT2D eigenvalue weighted by Gasteiger charge is -2.12. The molecule has 0 unspecified atom stereocenters. The summed E-state index contributed by atoms with van der Waals surface area (Å²) in [5.74, 6) is -0.249. The minimum atomic E-state index is -0.548. The first-order chi connectivity index (χ1) is 10.0. The summed E-state index contributed by atoms with van der Waals surface area (Å²) in [5.41, 5.74) is 2.56. The molecule has 0 radical (unpaired) electrons. The lowest BCUT2D eigenvalue weighted by Crippen LogP contribution is -2.09. The average molecular weight is 284 g/mol. The van der Waals surface area contributed by atoms with Gasteiger partial charge in [-0.25, -0.2) is 4.79 Å². The number of benzene rings is 2. The average Bonchev–Trinajstić information content (AvgIpc) is 2.47. The number of rotatable bonds is 4. The van der Waals surface area contributed by atoms with Crippen LogP contribution >= 0.6 is 0 Å². The highest BCUT2D eigenvalue weighted by Gasteiger charge is 2.17. The second kappa shape index (κ2) is 6.22. The van der Waals surface area contributed by atoms with Crippen molar-refractivity contribution in [3.63, 3.8) is 0 Å². The van der Waals surface area contributed by atoms with Crippen LogP contribution in [0.4, 0.5) is 0 Å². The molecule has 0 aromatic heterocycles. The lowest BCUT2D eigenvalue weighted by molar-refractivity contribution is -0.211.